The van der Waals surface area contributed by atoms with Crippen molar-refractivity contribution in [3.05, 3.63) is 23.8 Å². The lowest BCUT2D eigenvalue weighted by Gasteiger charge is -2.23. The van der Waals surface area contributed by atoms with Crippen LogP contribution in [0.15, 0.2) is 23.1 Å². The lowest BCUT2D eigenvalue weighted by Crippen LogP contribution is -2.38. The Morgan fingerprint density at radius 3 is 2.47 bits per heavy atom. The average molecular weight is 306 g/mol. The number of thioether (sulfide) groups is 1. The third-order valence-corrected chi connectivity index (χ3v) is 3.40. The van der Waals surface area contributed by atoms with Crippen molar-refractivity contribution in [1.82, 2.24) is 5.32 Å². The Hall–Kier alpha value is -0.420. The van der Waals surface area contributed by atoms with Gasteiger partial charge in [0.25, 0.3) is 0 Å². The van der Waals surface area contributed by atoms with E-state index in [1.807, 2.05) is 24.5 Å². The van der Waals surface area contributed by atoms with Gasteiger partial charge in [0.05, 0.1) is 13.2 Å². The van der Waals surface area contributed by atoms with Crippen LogP contribution in [0.1, 0.15) is 32.4 Å². The van der Waals surface area contributed by atoms with Gasteiger partial charge in [0.2, 0.25) is 0 Å². The van der Waals surface area contributed by atoms with E-state index < -0.39 is 6.10 Å². The highest BCUT2D eigenvalue weighted by molar-refractivity contribution is 7.98. The van der Waals surface area contributed by atoms with E-state index in [2.05, 4.69) is 26.1 Å². The predicted octanol–water partition coefficient (Wildman–Crippen LogP) is 3.26. The second-order valence-electron chi connectivity index (χ2n) is 5.26. The first-order valence-corrected chi connectivity index (χ1v) is 7.25. The molecule has 1 aromatic rings. The normalized spacial score (nSPS) is 12.7. The number of halogens is 1. The molecular weight excluding hydrogens is 282 g/mol. The number of aliphatic hydroxyl groups is 1. The smallest absolute Gasteiger partial charge is 0.132 e. The van der Waals surface area contributed by atoms with Crippen LogP contribution >= 0.6 is 24.2 Å². The van der Waals surface area contributed by atoms with Gasteiger partial charge in [-0.05, 0) is 44.7 Å². The number of benzene rings is 1. The molecule has 0 saturated heterocycles. The molecule has 0 radical (unpaired) electrons. The molecule has 0 bridgehead atoms. The number of β-amino-alcohol motifs (C(OH)–C–C–N with tert-alkyl or cyclic N) is 1. The van der Waals surface area contributed by atoms with Gasteiger partial charge in [-0.3, -0.25) is 0 Å². The molecule has 0 aliphatic heterocycles. The molecule has 0 heterocycles. The first kappa shape index (κ1) is 18.6. The molecule has 0 amide bonds. The van der Waals surface area contributed by atoms with E-state index in [4.69, 9.17) is 4.74 Å². The molecule has 0 aliphatic rings. The van der Waals surface area contributed by atoms with Crippen LogP contribution in [0.4, 0.5) is 0 Å². The van der Waals surface area contributed by atoms with Crippen LogP contribution in [0.5, 0.6) is 5.75 Å². The highest BCUT2D eigenvalue weighted by Gasteiger charge is 2.15. The molecule has 1 unspecified atom stereocenters. The zero-order valence-electron chi connectivity index (χ0n) is 12.2. The number of aliphatic hydroxyl groups excluding tert-OH is 1. The number of methoxy groups -OCH3 is 1. The Kier molecular flexibility index (Phi) is 7.82. The third-order valence-electron chi connectivity index (χ3n) is 2.62. The second-order valence-corrected chi connectivity index (χ2v) is 6.11. The van der Waals surface area contributed by atoms with Crippen molar-refractivity contribution in [2.75, 3.05) is 19.9 Å². The summed E-state index contributed by atoms with van der Waals surface area (Å²) in [5.41, 5.74) is 0.881. The molecule has 1 aromatic carbocycles. The molecule has 0 aromatic heterocycles. The standard InChI is InChI=1S/C14H23NO2S.ClH/c1-14(2,3)15-9-11(16)10-6-7-13(18-5)12(8-10)17-4;/h6-8,11,15-16H,9H2,1-5H3;1H. The molecule has 3 nitrogen and oxygen atoms in total. The quantitative estimate of drug-likeness (QED) is 0.819. The van der Waals surface area contributed by atoms with Crippen molar-refractivity contribution in [3.8, 4) is 5.75 Å². The minimum absolute atomic E-state index is 0. The maximum atomic E-state index is 10.1. The van der Waals surface area contributed by atoms with Crippen LogP contribution in [-0.4, -0.2) is 30.6 Å². The van der Waals surface area contributed by atoms with Gasteiger partial charge in [-0.25, -0.2) is 0 Å². The van der Waals surface area contributed by atoms with Crippen LogP contribution in [0.25, 0.3) is 0 Å². The van der Waals surface area contributed by atoms with Crippen LogP contribution in [-0.2, 0) is 0 Å². The van der Waals surface area contributed by atoms with Crippen LogP contribution in [0.2, 0.25) is 0 Å². The van der Waals surface area contributed by atoms with E-state index in [0.717, 1.165) is 16.2 Å². The van der Waals surface area contributed by atoms with E-state index in [1.165, 1.54) is 0 Å². The molecule has 0 saturated carbocycles. The average Bonchev–Trinajstić information content (AvgIpc) is 2.34. The summed E-state index contributed by atoms with van der Waals surface area (Å²) in [5, 5.41) is 13.4. The summed E-state index contributed by atoms with van der Waals surface area (Å²) >= 11 is 1.64. The monoisotopic (exact) mass is 305 g/mol. The molecule has 0 spiro atoms. The first-order valence-electron chi connectivity index (χ1n) is 6.02. The van der Waals surface area contributed by atoms with Gasteiger partial charge in [-0.2, -0.15) is 0 Å². The fraction of sp³-hybridized carbons (Fsp3) is 0.571. The van der Waals surface area contributed by atoms with Gasteiger partial charge in [0.1, 0.15) is 5.75 Å². The fourth-order valence-corrected chi connectivity index (χ4v) is 2.13. The molecule has 110 valence electrons. The van der Waals surface area contributed by atoms with Crippen LogP contribution in [0.3, 0.4) is 0 Å². The Bertz CT molecular complexity index is 394. The lowest BCUT2D eigenvalue weighted by atomic mass is 10.1. The third kappa shape index (κ3) is 6.04. The lowest BCUT2D eigenvalue weighted by molar-refractivity contribution is 0.163. The van der Waals surface area contributed by atoms with Gasteiger partial charge in [-0.15, -0.1) is 24.2 Å². The van der Waals surface area contributed by atoms with Crippen molar-refractivity contribution in [3.63, 3.8) is 0 Å². The Balaban J connectivity index is 0.00000324. The number of rotatable bonds is 5. The zero-order valence-corrected chi connectivity index (χ0v) is 13.8. The largest absolute Gasteiger partial charge is 0.496 e. The number of hydrogen-bond acceptors (Lipinski definition) is 4. The Labute approximate surface area is 126 Å². The maximum Gasteiger partial charge on any atom is 0.132 e. The van der Waals surface area contributed by atoms with Crippen LogP contribution in [0, 0.1) is 0 Å². The van der Waals surface area contributed by atoms with E-state index in [0.29, 0.717) is 6.54 Å². The molecule has 1 rings (SSSR count). The minimum atomic E-state index is -0.519. The minimum Gasteiger partial charge on any atom is -0.496 e. The SMILES string of the molecule is COc1cc(C(O)CNC(C)(C)C)ccc1SC.Cl. The van der Waals surface area contributed by atoms with E-state index in [-0.39, 0.29) is 17.9 Å². The summed E-state index contributed by atoms with van der Waals surface area (Å²) in [6.45, 7) is 6.77. The van der Waals surface area contributed by atoms with E-state index in [1.54, 1.807) is 18.9 Å². The molecule has 19 heavy (non-hydrogen) atoms. The number of ether oxygens (including phenoxy) is 1. The molecule has 0 aliphatic carbocycles. The first-order chi connectivity index (χ1) is 8.37. The fourth-order valence-electron chi connectivity index (χ4n) is 1.58. The summed E-state index contributed by atoms with van der Waals surface area (Å²) in [7, 11) is 1.65. The highest BCUT2D eigenvalue weighted by atomic mass is 35.5. The molecule has 2 N–H and O–H groups in total. The summed E-state index contributed by atoms with van der Waals surface area (Å²) in [6, 6.07) is 5.84. The summed E-state index contributed by atoms with van der Waals surface area (Å²) in [6.07, 6.45) is 1.49. The van der Waals surface area contributed by atoms with Gasteiger partial charge >= 0.3 is 0 Å². The summed E-state index contributed by atoms with van der Waals surface area (Å²) < 4.78 is 5.32. The maximum absolute atomic E-state index is 10.1. The molecule has 1 atom stereocenters. The Morgan fingerprint density at radius 1 is 1.37 bits per heavy atom. The van der Waals surface area contributed by atoms with Crippen LogP contribution < -0.4 is 10.1 Å². The second kappa shape index (κ2) is 8.00. The molecule has 5 heteroatoms. The van der Waals surface area contributed by atoms with E-state index in [9.17, 15) is 5.11 Å². The molecular formula is C14H24ClNO2S. The van der Waals surface area contributed by atoms with Crippen molar-refractivity contribution < 1.29 is 9.84 Å². The van der Waals surface area contributed by atoms with Gasteiger partial charge in [0.15, 0.2) is 0 Å². The van der Waals surface area contributed by atoms with Crippen molar-refractivity contribution in [2.24, 2.45) is 0 Å². The van der Waals surface area contributed by atoms with Crippen molar-refractivity contribution in [2.45, 2.75) is 37.3 Å². The predicted molar refractivity (Wildman–Crippen MR) is 84.7 cm³/mol. The number of nitrogens with one attached hydrogen (secondary N) is 1. The van der Waals surface area contributed by atoms with Crippen molar-refractivity contribution in [1.29, 1.82) is 0 Å². The zero-order chi connectivity index (χ0) is 13.8. The highest BCUT2D eigenvalue weighted by Crippen LogP contribution is 2.30. The van der Waals surface area contributed by atoms with Gasteiger partial charge in [-0.1, -0.05) is 6.07 Å². The van der Waals surface area contributed by atoms with Crippen molar-refractivity contribution >= 4 is 24.2 Å². The Morgan fingerprint density at radius 2 is 2.00 bits per heavy atom. The topological polar surface area (TPSA) is 41.5 Å². The molecule has 0 fully saturated rings. The number of hydrogen-bond donors (Lipinski definition) is 2. The van der Waals surface area contributed by atoms with Gasteiger partial charge in [0, 0.05) is 17.0 Å². The summed E-state index contributed by atoms with van der Waals surface area (Å²) in [5.74, 6) is 0.815. The van der Waals surface area contributed by atoms with E-state index >= 15 is 0 Å². The van der Waals surface area contributed by atoms with Gasteiger partial charge < -0.3 is 15.2 Å². The summed E-state index contributed by atoms with van der Waals surface area (Å²) in [4.78, 5) is 1.08.